The molecule has 1 aliphatic carbocycles. The number of phenols is 1. The number of nitrogens with zero attached hydrogens (tertiary/aromatic N) is 1. The molecular formula is C27H32N2O6. The van der Waals surface area contributed by atoms with Gasteiger partial charge in [0.05, 0.1) is 6.10 Å². The summed E-state index contributed by atoms with van der Waals surface area (Å²) in [5.41, 5.74) is 0.627. The number of para-hydroxylation sites is 2. The van der Waals surface area contributed by atoms with Crippen LogP contribution in [0.3, 0.4) is 0 Å². The molecule has 3 atom stereocenters. The summed E-state index contributed by atoms with van der Waals surface area (Å²) in [4.78, 5) is 29.2. The van der Waals surface area contributed by atoms with Gasteiger partial charge in [0.15, 0.2) is 11.5 Å². The van der Waals surface area contributed by atoms with Gasteiger partial charge in [-0.15, -0.1) is 0 Å². The monoisotopic (exact) mass is 480 g/mol. The van der Waals surface area contributed by atoms with Crippen LogP contribution >= 0.6 is 0 Å². The van der Waals surface area contributed by atoms with E-state index in [-0.39, 0.29) is 42.9 Å². The number of hydrogen-bond acceptors (Lipinski definition) is 6. The molecule has 1 saturated carbocycles. The van der Waals surface area contributed by atoms with Crippen molar-refractivity contribution in [2.75, 3.05) is 19.8 Å². The minimum Gasteiger partial charge on any atom is -0.508 e. The van der Waals surface area contributed by atoms with Crippen molar-refractivity contribution in [1.29, 1.82) is 0 Å². The van der Waals surface area contributed by atoms with Gasteiger partial charge in [0.2, 0.25) is 12.0 Å². The van der Waals surface area contributed by atoms with Gasteiger partial charge in [-0.3, -0.25) is 9.59 Å². The molecule has 2 fully saturated rings. The number of benzene rings is 2. The Bertz CT molecular complexity index is 1030. The van der Waals surface area contributed by atoms with E-state index in [0.717, 1.165) is 38.5 Å². The molecule has 35 heavy (non-hydrogen) atoms. The Morgan fingerprint density at radius 3 is 2.46 bits per heavy atom. The smallest absolute Gasteiger partial charge is 0.268 e. The summed E-state index contributed by atoms with van der Waals surface area (Å²) in [6.07, 6.45) is 4.73. The average molecular weight is 481 g/mol. The standard InChI is InChI=1S/C27H32N2O6/c30-20-13-11-18(12-14-20)25(26(31)28-19-6-1-2-7-19)29(16-21-8-5-15-33-21)27(32)24-17-34-22-9-3-4-10-23(22)35-24/h3-4,9-14,19,21,24-25,30H,1-2,5-8,15-17H2,(H,28,31)/t21-,24+,25+/m1/s1. The Balaban J connectivity index is 1.46. The molecule has 2 aliphatic heterocycles. The van der Waals surface area contributed by atoms with Gasteiger partial charge in [0.1, 0.15) is 18.4 Å². The van der Waals surface area contributed by atoms with Crippen molar-refractivity contribution in [2.24, 2.45) is 0 Å². The topological polar surface area (TPSA) is 97.3 Å². The summed E-state index contributed by atoms with van der Waals surface area (Å²) in [5.74, 6) is 0.643. The highest BCUT2D eigenvalue weighted by molar-refractivity contribution is 5.91. The molecule has 2 amide bonds. The second-order valence-electron chi connectivity index (χ2n) is 9.47. The van der Waals surface area contributed by atoms with Gasteiger partial charge in [-0.2, -0.15) is 0 Å². The van der Waals surface area contributed by atoms with Crippen molar-refractivity contribution in [3.63, 3.8) is 0 Å². The van der Waals surface area contributed by atoms with Gasteiger partial charge < -0.3 is 29.5 Å². The number of amides is 2. The number of ether oxygens (including phenoxy) is 3. The summed E-state index contributed by atoms with van der Waals surface area (Å²) in [6.45, 7) is 0.968. The fourth-order valence-electron chi connectivity index (χ4n) is 5.14. The Morgan fingerprint density at radius 2 is 1.74 bits per heavy atom. The maximum atomic E-state index is 14.0. The summed E-state index contributed by atoms with van der Waals surface area (Å²) in [6, 6.07) is 12.9. The van der Waals surface area contributed by atoms with E-state index in [1.54, 1.807) is 29.2 Å². The number of nitrogens with one attached hydrogen (secondary N) is 1. The molecule has 0 aromatic heterocycles. The molecule has 0 radical (unpaired) electrons. The molecule has 8 heteroatoms. The van der Waals surface area contributed by atoms with Gasteiger partial charge in [-0.05, 0) is 55.5 Å². The lowest BCUT2D eigenvalue weighted by Gasteiger charge is -2.37. The lowest BCUT2D eigenvalue weighted by atomic mass is 10.0. The van der Waals surface area contributed by atoms with Crippen molar-refractivity contribution >= 4 is 11.8 Å². The molecule has 5 rings (SSSR count). The zero-order valence-corrected chi connectivity index (χ0v) is 19.7. The molecule has 1 saturated heterocycles. The molecule has 2 aromatic carbocycles. The van der Waals surface area contributed by atoms with E-state index in [1.165, 1.54) is 12.1 Å². The number of hydrogen-bond donors (Lipinski definition) is 2. The first-order valence-corrected chi connectivity index (χ1v) is 12.5. The van der Waals surface area contributed by atoms with E-state index in [1.807, 2.05) is 12.1 Å². The van der Waals surface area contributed by atoms with E-state index < -0.39 is 12.1 Å². The predicted octanol–water partition coefficient (Wildman–Crippen LogP) is 3.34. The molecule has 0 spiro atoms. The second kappa shape index (κ2) is 10.6. The van der Waals surface area contributed by atoms with Crippen LogP contribution in [0, 0.1) is 0 Å². The first kappa shape index (κ1) is 23.5. The minimum absolute atomic E-state index is 0.0599. The zero-order valence-electron chi connectivity index (χ0n) is 19.7. The molecule has 2 N–H and O–H groups in total. The lowest BCUT2D eigenvalue weighted by molar-refractivity contribution is -0.150. The largest absolute Gasteiger partial charge is 0.508 e. The first-order chi connectivity index (χ1) is 17.1. The summed E-state index contributed by atoms with van der Waals surface area (Å²) in [7, 11) is 0. The van der Waals surface area contributed by atoms with Crippen LogP contribution in [-0.4, -0.2) is 59.8 Å². The molecule has 0 bridgehead atoms. The van der Waals surface area contributed by atoms with Crippen molar-refractivity contribution in [3.8, 4) is 17.2 Å². The maximum Gasteiger partial charge on any atom is 0.268 e. The zero-order chi connectivity index (χ0) is 24.2. The van der Waals surface area contributed by atoms with Crippen molar-refractivity contribution < 1.29 is 28.9 Å². The van der Waals surface area contributed by atoms with Crippen LogP contribution in [-0.2, 0) is 14.3 Å². The lowest BCUT2D eigenvalue weighted by Crippen LogP contribution is -2.53. The van der Waals surface area contributed by atoms with Gasteiger partial charge in [-0.1, -0.05) is 37.1 Å². The molecule has 0 unspecified atom stereocenters. The Kier molecular flexibility index (Phi) is 7.08. The van der Waals surface area contributed by atoms with Gasteiger partial charge in [0, 0.05) is 19.2 Å². The van der Waals surface area contributed by atoms with Crippen LogP contribution in [0.25, 0.3) is 0 Å². The summed E-state index contributed by atoms with van der Waals surface area (Å²) < 4.78 is 17.7. The third-order valence-corrected chi connectivity index (χ3v) is 6.96. The fraction of sp³-hybridized carbons (Fsp3) is 0.481. The Hall–Kier alpha value is -3.26. The van der Waals surface area contributed by atoms with Gasteiger partial charge >= 0.3 is 0 Å². The SMILES string of the molecule is O=C(NC1CCCC1)[C@H](c1ccc(O)cc1)N(C[C@H]1CCCO1)C(=O)[C@@H]1COc2ccccc2O1. The number of carbonyl (C=O) groups is 2. The Labute approximate surface area is 205 Å². The minimum atomic E-state index is -0.884. The van der Waals surface area contributed by atoms with E-state index in [0.29, 0.717) is 23.7 Å². The highest BCUT2D eigenvalue weighted by Gasteiger charge is 2.40. The van der Waals surface area contributed by atoms with Crippen LogP contribution in [0.15, 0.2) is 48.5 Å². The Morgan fingerprint density at radius 1 is 1.00 bits per heavy atom. The maximum absolute atomic E-state index is 14.0. The molecule has 2 aromatic rings. The third-order valence-electron chi connectivity index (χ3n) is 6.96. The number of phenolic OH excluding ortho intramolecular Hbond substituents is 1. The van der Waals surface area contributed by atoms with Crippen LogP contribution in [0.2, 0.25) is 0 Å². The van der Waals surface area contributed by atoms with Gasteiger partial charge in [-0.25, -0.2) is 0 Å². The fourth-order valence-corrected chi connectivity index (χ4v) is 5.14. The number of aromatic hydroxyl groups is 1. The van der Waals surface area contributed by atoms with E-state index in [4.69, 9.17) is 14.2 Å². The molecule has 3 aliphatic rings. The molecule has 2 heterocycles. The van der Waals surface area contributed by atoms with Crippen LogP contribution in [0.4, 0.5) is 0 Å². The normalized spacial score (nSPS) is 22.5. The van der Waals surface area contributed by atoms with E-state index in [2.05, 4.69) is 5.32 Å². The van der Waals surface area contributed by atoms with Crippen LogP contribution < -0.4 is 14.8 Å². The highest BCUT2D eigenvalue weighted by atomic mass is 16.6. The number of rotatable bonds is 7. The van der Waals surface area contributed by atoms with E-state index in [9.17, 15) is 14.7 Å². The summed E-state index contributed by atoms with van der Waals surface area (Å²) in [5, 5.41) is 13.0. The van der Waals surface area contributed by atoms with Gasteiger partial charge in [0.25, 0.3) is 5.91 Å². The molecule has 8 nitrogen and oxygen atoms in total. The predicted molar refractivity (Wildman–Crippen MR) is 128 cm³/mol. The van der Waals surface area contributed by atoms with Crippen molar-refractivity contribution in [2.45, 2.75) is 62.8 Å². The van der Waals surface area contributed by atoms with Crippen molar-refractivity contribution in [3.05, 3.63) is 54.1 Å². The first-order valence-electron chi connectivity index (χ1n) is 12.5. The molecular weight excluding hydrogens is 448 g/mol. The number of fused-ring (bicyclic) bond motifs is 1. The van der Waals surface area contributed by atoms with E-state index >= 15 is 0 Å². The molecule has 186 valence electrons. The van der Waals surface area contributed by atoms with Crippen LogP contribution in [0.1, 0.15) is 50.1 Å². The number of carbonyl (C=O) groups excluding carboxylic acids is 2. The summed E-state index contributed by atoms with van der Waals surface area (Å²) >= 11 is 0. The van der Waals surface area contributed by atoms with Crippen molar-refractivity contribution in [1.82, 2.24) is 10.2 Å². The quantitative estimate of drug-likeness (QED) is 0.631. The second-order valence-corrected chi connectivity index (χ2v) is 9.47. The van der Waals surface area contributed by atoms with Crippen LogP contribution in [0.5, 0.6) is 17.2 Å². The highest BCUT2D eigenvalue weighted by Crippen LogP contribution is 2.33. The third kappa shape index (κ3) is 5.37. The average Bonchev–Trinajstić information content (AvgIpc) is 3.58.